The molecule has 1 rings (SSSR count). The maximum absolute atomic E-state index is 12.5. The standard InChI is InChI=1S/C14H26N2O2/c1-9(2)10-11(17)15-14(6,7)12(18)16(10)8-13(3,4)5/h9-10H,8H2,1-7H3,(H,15,17). The maximum Gasteiger partial charge on any atom is 0.248 e. The van der Waals surface area contributed by atoms with Gasteiger partial charge < -0.3 is 10.2 Å². The van der Waals surface area contributed by atoms with Crippen molar-refractivity contribution in [2.45, 2.75) is 60.0 Å². The largest absolute Gasteiger partial charge is 0.340 e. The van der Waals surface area contributed by atoms with Gasteiger partial charge in [0.2, 0.25) is 11.8 Å². The Kier molecular flexibility index (Phi) is 3.80. The number of nitrogens with one attached hydrogen (secondary N) is 1. The summed E-state index contributed by atoms with van der Waals surface area (Å²) >= 11 is 0. The van der Waals surface area contributed by atoms with Gasteiger partial charge in [-0.2, -0.15) is 0 Å². The fraction of sp³-hybridized carbons (Fsp3) is 0.857. The Bertz CT molecular complexity index is 353. The second kappa shape index (κ2) is 4.56. The Balaban J connectivity index is 3.10. The van der Waals surface area contributed by atoms with E-state index in [-0.39, 0.29) is 29.2 Å². The van der Waals surface area contributed by atoms with Crippen molar-refractivity contribution in [2.24, 2.45) is 11.3 Å². The minimum atomic E-state index is -0.798. The van der Waals surface area contributed by atoms with Crippen LogP contribution in [0.2, 0.25) is 0 Å². The van der Waals surface area contributed by atoms with Crippen LogP contribution < -0.4 is 5.32 Å². The molecule has 4 nitrogen and oxygen atoms in total. The summed E-state index contributed by atoms with van der Waals surface area (Å²) in [6, 6.07) is -0.357. The van der Waals surface area contributed by atoms with Gasteiger partial charge in [-0.25, -0.2) is 0 Å². The number of rotatable bonds is 2. The highest BCUT2D eigenvalue weighted by Crippen LogP contribution is 2.26. The highest BCUT2D eigenvalue weighted by atomic mass is 16.2. The average Bonchev–Trinajstić information content (AvgIpc) is 2.09. The minimum absolute atomic E-state index is 0.00993. The zero-order valence-corrected chi connectivity index (χ0v) is 12.6. The van der Waals surface area contributed by atoms with Gasteiger partial charge in [-0.1, -0.05) is 34.6 Å². The predicted molar refractivity (Wildman–Crippen MR) is 72.0 cm³/mol. The lowest BCUT2D eigenvalue weighted by molar-refractivity contribution is -0.156. The Morgan fingerprint density at radius 2 is 1.78 bits per heavy atom. The summed E-state index contributed by atoms with van der Waals surface area (Å²) in [5.74, 6) is 0.0852. The van der Waals surface area contributed by atoms with Gasteiger partial charge in [-0.05, 0) is 25.2 Å². The van der Waals surface area contributed by atoms with E-state index in [0.717, 1.165) is 0 Å². The number of amides is 2. The van der Waals surface area contributed by atoms with Gasteiger partial charge in [0, 0.05) is 6.54 Å². The third-order valence-corrected chi connectivity index (χ3v) is 3.11. The predicted octanol–water partition coefficient (Wildman–Crippen LogP) is 1.79. The summed E-state index contributed by atoms with van der Waals surface area (Å²) in [6.07, 6.45) is 0. The van der Waals surface area contributed by atoms with E-state index in [2.05, 4.69) is 26.1 Å². The Morgan fingerprint density at radius 1 is 1.28 bits per heavy atom. The smallest absolute Gasteiger partial charge is 0.248 e. The third kappa shape index (κ3) is 3.03. The summed E-state index contributed by atoms with van der Waals surface area (Å²) in [5, 5.41) is 2.82. The number of nitrogens with zero attached hydrogens (tertiary/aromatic N) is 1. The molecule has 18 heavy (non-hydrogen) atoms. The second-order valence-electron chi connectivity index (χ2n) is 7.30. The Morgan fingerprint density at radius 3 is 2.17 bits per heavy atom. The van der Waals surface area contributed by atoms with Crippen LogP contribution in [0.3, 0.4) is 0 Å². The molecule has 4 heteroatoms. The van der Waals surface area contributed by atoms with Crippen LogP contribution in [0, 0.1) is 11.3 Å². The molecule has 104 valence electrons. The number of hydrogen-bond donors (Lipinski definition) is 1. The second-order valence-corrected chi connectivity index (χ2v) is 7.30. The monoisotopic (exact) mass is 254 g/mol. The summed E-state index contributed by atoms with van der Waals surface area (Å²) in [7, 11) is 0. The molecule has 0 aromatic carbocycles. The van der Waals surface area contributed by atoms with E-state index in [1.807, 2.05) is 13.8 Å². The molecule has 1 saturated heterocycles. The van der Waals surface area contributed by atoms with Crippen molar-refractivity contribution in [1.29, 1.82) is 0 Å². The lowest BCUT2D eigenvalue weighted by atomic mass is 9.87. The van der Waals surface area contributed by atoms with Gasteiger partial charge in [-0.3, -0.25) is 9.59 Å². The van der Waals surface area contributed by atoms with E-state index < -0.39 is 5.54 Å². The van der Waals surface area contributed by atoms with Gasteiger partial charge >= 0.3 is 0 Å². The molecule has 1 atom stereocenters. The topological polar surface area (TPSA) is 49.4 Å². The first kappa shape index (κ1) is 15.0. The van der Waals surface area contributed by atoms with Crippen molar-refractivity contribution in [3.8, 4) is 0 Å². The molecule has 0 aromatic heterocycles. The van der Waals surface area contributed by atoms with Crippen LogP contribution in [0.4, 0.5) is 0 Å². The van der Waals surface area contributed by atoms with E-state index in [1.54, 1.807) is 18.7 Å². The third-order valence-electron chi connectivity index (χ3n) is 3.11. The lowest BCUT2D eigenvalue weighted by Crippen LogP contribution is -2.70. The summed E-state index contributed by atoms with van der Waals surface area (Å²) in [6.45, 7) is 14.3. The minimum Gasteiger partial charge on any atom is -0.340 e. The van der Waals surface area contributed by atoms with Crippen LogP contribution in [0.1, 0.15) is 48.5 Å². The average molecular weight is 254 g/mol. The molecular weight excluding hydrogens is 228 g/mol. The molecule has 0 spiro atoms. The van der Waals surface area contributed by atoms with Crippen LogP contribution >= 0.6 is 0 Å². The molecule has 0 aromatic rings. The van der Waals surface area contributed by atoms with E-state index >= 15 is 0 Å². The number of carbonyl (C=O) groups excluding carboxylic acids is 2. The van der Waals surface area contributed by atoms with Crippen molar-refractivity contribution in [3.05, 3.63) is 0 Å². The van der Waals surface area contributed by atoms with Crippen molar-refractivity contribution in [2.75, 3.05) is 6.54 Å². The maximum atomic E-state index is 12.5. The summed E-state index contributed by atoms with van der Waals surface area (Å²) < 4.78 is 0. The molecule has 0 bridgehead atoms. The molecular formula is C14H26N2O2. The quantitative estimate of drug-likeness (QED) is 0.817. The Hall–Kier alpha value is -1.06. The van der Waals surface area contributed by atoms with Crippen molar-refractivity contribution in [1.82, 2.24) is 10.2 Å². The van der Waals surface area contributed by atoms with Crippen molar-refractivity contribution in [3.63, 3.8) is 0 Å². The SMILES string of the molecule is CC(C)C1C(=O)NC(C)(C)C(=O)N1CC(C)(C)C. The van der Waals surface area contributed by atoms with Gasteiger partial charge in [0.1, 0.15) is 11.6 Å². The zero-order chi connectivity index (χ0) is 14.3. The highest BCUT2D eigenvalue weighted by molar-refractivity contribution is 5.99. The molecule has 0 saturated carbocycles. The normalized spacial score (nSPS) is 24.4. The van der Waals surface area contributed by atoms with Crippen LogP contribution in [0.15, 0.2) is 0 Å². The summed E-state index contributed by atoms with van der Waals surface area (Å²) in [5.41, 5.74) is -0.815. The molecule has 1 aliphatic heterocycles. The first-order chi connectivity index (χ1) is 7.96. The van der Waals surface area contributed by atoms with E-state index in [9.17, 15) is 9.59 Å². The molecule has 1 aliphatic rings. The van der Waals surface area contributed by atoms with Gasteiger partial charge in [0.25, 0.3) is 0 Å². The number of hydrogen-bond acceptors (Lipinski definition) is 2. The Labute approximate surface area is 110 Å². The first-order valence-electron chi connectivity index (χ1n) is 6.59. The molecule has 1 unspecified atom stereocenters. The zero-order valence-electron chi connectivity index (χ0n) is 12.6. The fourth-order valence-electron chi connectivity index (χ4n) is 2.41. The van der Waals surface area contributed by atoms with Crippen LogP contribution in [-0.4, -0.2) is 34.8 Å². The lowest BCUT2D eigenvalue weighted by Gasteiger charge is -2.46. The molecule has 0 aliphatic carbocycles. The molecule has 1 N–H and O–H groups in total. The van der Waals surface area contributed by atoms with Gasteiger partial charge in [0.15, 0.2) is 0 Å². The molecule has 1 fully saturated rings. The number of piperazine rings is 1. The van der Waals surface area contributed by atoms with Gasteiger partial charge in [-0.15, -0.1) is 0 Å². The van der Waals surface area contributed by atoms with Gasteiger partial charge in [0.05, 0.1) is 0 Å². The molecule has 0 radical (unpaired) electrons. The molecule has 2 amide bonds. The van der Waals surface area contributed by atoms with E-state index in [4.69, 9.17) is 0 Å². The van der Waals surface area contributed by atoms with Crippen molar-refractivity contribution >= 4 is 11.8 Å². The van der Waals surface area contributed by atoms with E-state index in [0.29, 0.717) is 6.54 Å². The van der Waals surface area contributed by atoms with Crippen molar-refractivity contribution < 1.29 is 9.59 Å². The first-order valence-corrected chi connectivity index (χ1v) is 6.59. The van der Waals surface area contributed by atoms with E-state index in [1.165, 1.54) is 0 Å². The number of carbonyl (C=O) groups is 2. The molecule has 1 heterocycles. The van der Waals surface area contributed by atoms with Crippen LogP contribution in [-0.2, 0) is 9.59 Å². The van der Waals surface area contributed by atoms with Crippen LogP contribution in [0.5, 0.6) is 0 Å². The fourth-order valence-corrected chi connectivity index (χ4v) is 2.41. The summed E-state index contributed by atoms with van der Waals surface area (Å²) in [4.78, 5) is 26.4. The van der Waals surface area contributed by atoms with Crippen LogP contribution in [0.25, 0.3) is 0 Å². The highest BCUT2D eigenvalue weighted by Gasteiger charge is 2.47.